The van der Waals surface area contributed by atoms with E-state index in [0.29, 0.717) is 11.8 Å². The molecule has 0 unspecified atom stereocenters. The Balaban J connectivity index is 1.48. The number of hydrogen-bond donors (Lipinski definition) is 1. The molecule has 27 heavy (non-hydrogen) atoms. The van der Waals surface area contributed by atoms with Crippen LogP contribution in [0.25, 0.3) is 5.69 Å². The highest BCUT2D eigenvalue weighted by molar-refractivity contribution is 5.34. The van der Waals surface area contributed by atoms with Gasteiger partial charge >= 0.3 is 6.01 Å². The highest BCUT2D eigenvalue weighted by Gasteiger charge is 2.10. The van der Waals surface area contributed by atoms with Gasteiger partial charge in [-0.25, -0.2) is 0 Å². The first-order valence-corrected chi connectivity index (χ1v) is 9.68. The van der Waals surface area contributed by atoms with Gasteiger partial charge in [-0.15, -0.1) is 0 Å². The predicted octanol–water partition coefficient (Wildman–Crippen LogP) is 4.51. The molecule has 0 saturated heterocycles. The number of rotatable bonds is 11. The fourth-order valence-corrected chi connectivity index (χ4v) is 2.84. The van der Waals surface area contributed by atoms with E-state index in [1.165, 1.54) is 37.7 Å². The largest absolute Gasteiger partial charge is 0.423 e. The van der Waals surface area contributed by atoms with Crippen molar-refractivity contribution in [2.75, 3.05) is 6.54 Å². The van der Waals surface area contributed by atoms with E-state index in [9.17, 15) is 0 Å². The minimum absolute atomic E-state index is 0.346. The summed E-state index contributed by atoms with van der Waals surface area (Å²) < 4.78 is 7.42. The predicted molar refractivity (Wildman–Crippen MR) is 106 cm³/mol. The molecule has 0 atom stereocenters. The molecule has 6 nitrogen and oxygen atoms in total. The van der Waals surface area contributed by atoms with E-state index in [1.807, 2.05) is 42.5 Å². The summed E-state index contributed by atoms with van der Waals surface area (Å²) in [4.78, 5) is 0. The molecule has 0 aliphatic heterocycles. The lowest BCUT2D eigenvalue weighted by atomic mass is 10.1. The van der Waals surface area contributed by atoms with Crippen LogP contribution in [0.3, 0.4) is 0 Å². The summed E-state index contributed by atoms with van der Waals surface area (Å²) in [6.45, 7) is 4.18. The summed E-state index contributed by atoms with van der Waals surface area (Å²) in [6.07, 6.45) is 6.52. The molecule has 0 aliphatic carbocycles. The van der Waals surface area contributed by atoms with Crippen molar-refractivity contribution in [2.24, 2.45) is 0 Å². The van der Waals surface area contributed by atoms with Crippen LogP contribution in [-0.2, 0) is 6.54 Å². The van der Waals surface area contributed by atoms with Crippen molar-refractivity contribution in [3.63, 3.8) is 0 Å². The van der Waals surface area contributed by atoms with Crippen molar-refractivity contribution in [3.05, 3.63) is 60.2 Å². The van der Waals surface area contributed by atoms with Crippen molar-refractivity contribution >= 4 is 0 Å². The molecule has 1 aromatic heterocycles. The fourth-order valence-electron chi connectivity index (χ4n) is 2.84. The van der Waals surface area contributed by atoms with Gasteiger partial charge in [0.2, 0.25) is 0 Å². The van der Waals surface area contributed by atoms with Crippen LogP contribution < -0.4 is 10.1 Å². The lowest BCUT2D eigenvalue weighted by molar-refractivity contribution is 0.427. The SMILES string of the molecule is CCCCCCCNCc1ccc(Oc2nnnn2-c2ccccc2)cc1. The van der Waals surface area contributed by atoms with E-state index in [1.54, 1.807) is 4.68 Å². The van der Waals surface area contributed by atoms with Crippen LogP contribution in [0.2, 0.25) is 0 Å². The Kier molecular flexibility index (Phi) is 7.35. The third kappa shape index (κ3) is 5.89. The summed E-state index contributed by atoms with van der Waals surface area (Å²) >= 11 is 0. The maximum Gasteiger partial charge on any atom is 0.345 e. The molecule has 0 saturated carbocycles. The molecular formula is C21H27N5O. The van der Waals surface area contributed by atoms with Gasteiger partial charge < -0.3 is 10.1 Å². The summed E-state index contributed by atoms with van der Waals surface area (Å²) in [5.41, 5.74) is 2.09. The van der Waals surface area contributed by atoms with Gasteiger partial charge in [-0.1, -0.05) is 68.0 Å². The number of nitrogens with zero attached hydrogens (tertiary/aromatic N) is 4. The molecule has 3 aromatic rings. The van der Waals surface area contributed by atoms with E-state index in [-0.39, 0.29) is 0 Å². The zero-order valence-corrected chi connectivity index (χ0v) is 15.8. The van der Waals surface area contributed by atoms with Crippen LogP contribution in [0.15, 0.2) is 54.6 Å². The topological polar surface area (TPSA) is 64.9 Å². The number of benzene rings is 2. The zero-order valence-electron chi connectivity index (χ0n) is 15.8. The number of ether oxygens (including phenoxy) is 1. The smallest absolute Gasteiger partial charge is 0.345 e. The summed E-state index contributed by atoms with van der Waals surface area (Å²) in [5, 5.41) is 15.2. The van der Waals surface area contributed by atoms with Gasteiger partial charge in [0, 0.05) is 6.54 Å². The molecule has 6 heteroatoms. The molecule has 0 aliphatic rings. The molecule has 0 bridgehead atoms. The number of tetrazole rings is 1. The second kappa shape index (κ2) is 10.4. The lowest BCUT2D eigenvalue weighted by Gasteiger charge is -2.08. The molecule has 1 N–H and O–H groups in total. The first-order valence-electron chi connectivity index (χ1n) is 9.68. The van der Waals surface area contributed by atoms with Gasteiger partial charge in [-0.3, -0.25) is 0 Å². The van der Waals surface area contributed by atoms with Crippen LogP contribution in [0.4, 0.5) is 0 Å². The van der Waals surface area contributed by atoms with Crippen molar-refractivity contribution in [1.29, 1.82) is 0 Å². The highest BCUT2D eigenvalue weighted by atomic mass is 16.5. The van der Waals surface area contributed by atoms with E-state index in [0.717, 1.165) is 18.8 Å². The van der Waals surface area contributed by atoms with Gasteiger partial charge in [-0.2, -0.15) is 4.68 Å². The van der Waals surface area contributed by atoms with Crippen molar-refractivity contribution in [3.8, 4) is 17.4 Å². The quantitative estimate of drug-likeness (QED) is 0.506. The standard InChI is InChI=1S/C21H27N5O/c1-2-3-4-5-9-16-22-17-18-12-14-20(15-13-18)27-21-23-24-25-26(21)19-10-7-6-8-11-19/h6-8,10-15,22H,2-5,9,16-17H2,1H3. The Bertz CT molecular complexity index is 786. The van der Waals surface area contributed by atoms with Gasteiger partial charge in [0.05, 0.1) is 5.69 Å². The van der Waals surface area contributed by atoms with Crippen molar-refractivity contribution < 1.29 is 4.74 Å². The average molecular weight is 365 g/mol. The van der Waals surface area contributed by atoms with Crippen LogP contribution >= 0.6 is 0 Å². The molecular weight excluding hydrogens is 338 g/mol. The van der Waals surface area contributed by atoms with E-state index in [2.05, 4.69) is 39.9 Å². The number of para-hydroxylation sites is 1. The Morgan fingerprint density at radius 3 is 2.48 bits per heavy atom. The third-order valence-electron chi connectivity index (χ3n) is 4.36. The van der Waals surface area contributed by atoms with Gasteiger partial charge in [-0.05, 0) is 53.2 Å². The van der Waals surface area contributed by atoms with E-state index in [4.69, 9.17) is 4.74 Å². The molecule has 142 valence electrons. The van der Waals surface area contributed by atoms with Crippen LogP contribution in [0, 0.1) is 0 Å². The summed E-state index contributed by atoms with van der Waals surface area (Å²) in [5.74, 6) is 0.713. The zero-order chi connectivity index (χ0) is 18.7. The third-order valence-corrected chi connectivity index (χ3v) is 4.36. The number of hydrogen-bond acceptors (Lipinski definition) is 5. The highest BCUT2D eigenvalue weighted by Crippen LogP contribution is 2.21. The monoisotopic (exact) mass is 365 g/mol. The number of nitrogens with one attached hydrogen (secondary N) is 1. The average Bonchev–Trinajstić information content (AvgIpc) is 3.17. The molecule has 0 spiro atoms. The molecule has 0 amide bonds. The van der Waals surface area contributed by atoms with Crippen LogP contribution in [0.5, 0.6) is 11.8 Å². The van der Waals surface area contributed by atoms with E-state index >= 15 is 0 Å². The molecule has 2 aromatic carbocycles. The Labute approximate surface area is 160 Å². The van der Waals surface area contributed by atoms with Gasteiger partial charge in [0.25, 0.3) is 0 Å². The minimum atomic E-state index is 0.346. The number of aromatic nitrogens is 4. The van der Waals surface area contributed by atoms with Crippen molar-refractivity contribution in [2.45, 2.75) is 45.6 Å². The number of unbranched alkanes of at least 4 members (excludes halogenated alkanes) is 4. The first kappa shape index (κ1) is 19.0. The molecule has 0 fully saturated rings. The van der Waals surface area contributed by atoms with Gasteiger partial charge in [0.1, 0.15) is 5.75 Å². The van der Waals surface area contributed by atoms with Crippen molar-refractivity contribution in [1.82, 2.24) is 25.5 Å². The summed E-state index contributed by atoms with van der Waals surface area (Å²) in [7, 11) is 0. The normalized spacial score (nSPS) is 10.9. The molecule has 3 rings (SSSR count). The minimum Gasteiger partial charge on any atom is -0.423 e. The van der Waals surface area contributed by atoms with Crippen LogP contribution in [-0.4, -0.2) is 26.8 Å². The second-order valence-corrected chi connectivity index (χ2v) is 6.55. The van der Waals surface area contributed by atoms with Gasteiger partial charge in [0.15, 0.2) is 0 Å². The van der Waals surface area contributed by atoms with Crippen LogP contribution in [0.1, 0.15) is 44.6 Å². The first-order chi connectivity index (χ1) is 13.4. The maximum atomic E-state index is 5.85. The summed E-state index contributed by atoms with van der Waals surface area (Å²) in [6, 6.07) is 18.1. The molecule has 1 heterocycles. The fraction of sp³-hybridized carbons (Fsp3) is 0.381. The Hall–Kier alpha value is -2.73. The van der Waals surface area contributed by atoms with E-state index < -0.39 is 0 Å². The lowest BCUT2D eigenvalue weighted by Crippen LogP contribution is -2.14. The molecule has 0 radical (unpaired) electrons. The Morgan fingerprint density at radius 2 is 1.70 bits per heavy atom. The second-order valence-electron chi connectivity index (χ2n) is 6.55. The Morgan fingerprint density at radius 1 is 0.926 bits per heavy atom. The maximum absolute atomic E-state index is 5.85.